The van der Waals surface area contributed by atoms with Crippen LogP contribution in [0.2, 0.25) is 0 Å². The van der Waals surface area contributed by atoms with Crippen LogP contribution in [-0.4, -0.2) is 66.3 Å². The van der Waals surface area contributed by atoms with Gasteiger partial charge in [0.15, 0.2) is 5.82 Å². The lowest BCUT2D eigenvalue weighted by Gasteiger charge is -2.24. The fourth-order valence-corrected chi connectivity index (χ4v) is 2.72. The maximum absolute atomic E-state index is 5.41. The second-order valence-electron chi connectivity index (χ2n) is 5.82. The van der Waals surface area contributed by atoms with Gasteiger partial charge in [0.05, 0.1) is 6.04 Å². The maximum atomic E-state index is 5.41. The second kappa shape index (κ2) is 7.15. The zero-order valence-electron chi connectivity index (χ0n) is 13.1. The van der Waals surface area contributed by atoms with Crippen molar-refractivity contribution in [1.29, 1.82) is 0 Å². The molecule has 6 nitrogen and oxygen atoms in total. The highest BCUT2D eigenvalue weighted by Crippen LogP contribution is 2.20. The lowest BCUT2D eigenvalue weighted by molar-refractivity contribution is 0.214. The first kappa shape index (κ1) is 15.4. The van der Waals surface area contributed by atoms with Crippen LogP contribution >= 0.6 is 0 Å². The Kier molecular flexibility index (Phi) is 5.51. The first-order valence-electron chi connectivity index (χ1n) is 7.54. The quantitative estimate of drug-likeness (QED) is 0.866. The number of hydrogen-bond acceptors (Lipinski definition) is 6. The number of hydrogen-bond donors (Lipinski definition) is 1. The zero-order valence-corrected chi connectivity index (χ0v) is 13.1. The van der Waals surface area contributed by atoms with Gasteiger partial charge in [-0.2, -0.15) is 4.98 Å². The minimum Gasteiger partial charge on any atom is -0.339 e. The predicted octanol–water partition coefficient (Wildman–Crippen LogP) is 0.919. The second-order valence-corrected chi connectivity index (χ2v) is 5.82. The van der Waals surface area contributed by atoms with Gasteiger partial charge >= 0.3 is 0 Å². The molecule has 1 N–H and O–H groups in total. The van der Waals surface area contributed by atoms with Crippen LogP contribution in [0, 0.1) is 0 Å². The summed E-state index contributed by atoms with van der Waals surface area (Å²) in [7, 11) is 4.29. The summed E-state index contributed by atoms with van der Waals surface area (Å²) in [6, 6.07) is 0.595. The van der Waals surface area contributed by atoms with Crippen molar-refractivity contribution >= 4 is 0 Å². The summed E-state index contributed by atoms with van der Waals surface area (Å²) in [4.78, 5) is 9.26. The number of rotatable bonds is 5. The van der Waals surface area contributed by atoms with Crippen LogP contribution in [0.15, 0.2) is 4.52 Å². The molecule has 2 heterocycles. The molecule has 20 heavy (non-hydrogen) atoms. The van der Waals surface area contributed by atoms with E-state index in [9.17, 15) is 0 Å². The van der Waals surface area contributed by atoms with Crippen LogP contribution in [0.4, 0.5) is 0 Å². The summed E-state index contributed by atoms with van der Waals surface area (Å²) < 4.78 is 5.41. The normalized spacial score (nSPS) is 23.7. The van der Waals surface area contributed by atoms with E-state index in [1.165, 1.54) is 6.42 Å². The summed E-state index contributed by atoms with van der Waals surface area (Å²) in [5.41, 5.74) is 0. The van der Waals surface area contributed by atoms with Crippen molar-refractivity contribution in [3.8, 4) is 0 Å². The Morgan fingerprint density at radius 1 is 1.40 bits per heavy atom. The maximum Gasteiger partial charge on any atom is 0.228 e. The smallest absolute Gasteiger partial charge is 0.228 e. The molecule has 2 rings (SSSR count). The van der Waals surface area contributed by atoms with E-state index in [-0.39, 0.29) is 6.04 Å². The average Bonchev–Trinajstić information content (AvgIpc) is 2.77. The lowest BCUT2D eigenvalue weighted by atomic mass is 10.2. The van der Waals surface area contributed by atoms with Crippen molar-refractivity contribution in [2.24, 2.45) is 0 Å². The van der Waals surface area contributed by atoms with Gasteiger partial charge in [-0.1, -0.05) is 12.1 Å². The summed E-state index contributed by atoms with van der Waals surface area (Å²) in [6.07, 6.45) is 1.97. The van der Waals surface area contributed by atoms with Gasteiger partial charge in [0.2, 0.25) is 5.89 Å². The van der Waals surface area contributed by atoms with E-state index < -0.39 is 0 Å². The Morgan fingerprint density at radius 3 is 2.95 bits per heavy atom. The molecule has 6 heteroatoms. The van der Waals surface area contributed by atoms with Gasteiger partial charge in [-0.15, -0.1) is 0 Å². The van der Waals surface area contributed by atoms with E-state index in [2.05, 4.69) is 53.2 Å². The van der Waals surface area contributed by atoms with Gasteiger partial charge in [-0.3, -0.25) is 4.90 Å². The molecule has 0 bridgehead atoms. The minimum atomic E-state index is 0.231. The number of aromatic nitrogens is 2. The van der Waals surface area contributed by atoms with E-state index in [1.807, 2.05) is 0 Å². The van der Waals surface area contributed by atoms with Crippen molar-refractivity contribution in [3.63, 3.8) is 0 Å². The average molecular weight is 281 g/mol. The fraction of sp³-hybridized carbons (Fsp3) is 0.857. The summed E-state index contributed by atoms with van der Waals surface area (Å²) in [6.45, 7) is 8.36. The van der Waals surface area contributed by atoms with Crippen LogP contribution in [0.1, 0.15) is 38.0 Å². The molecule has 0 spiro atoms. The van der Waals surface area contributed by atoms with Gasteiger partial charge < -0.3 is 14.7 Å². The molecule has 0 saturated carbocycles. The van der Waals surface area contributed by atoms with Crippen LogP contribution in [0.3, 0.4) is 0 Å². The molecule has 1 aromatic rings. The molecule has 1 aromatic heterocycles. The highest BCUT2D eigenvalue weighted by atomic mass is 16.5. The molecule has 1 aliphatic rings. The van der Waals surface area contributed by atoms with Gasteiger partial charge in [0, 0.05) is 19.0 Å². The summed E-state index contributed by atoms with van der Waals surface area (Å²) in [5, 5.41) is 7.56. The van der Waals surface area contributed by atoms with Crippen molar-refractivity contribution in [2.75, 3.05) is 40.3 Å². The Bertz CT molecular complexity index is 408. The zero-order chi connectivity index (χ0) is 14.5. The molecule has 0 aliphatic carbocycles. The molecule has 0 amide bonds. The summed E-state index contributed by atoms with van der Waals surface area (Å²) in [5.74, 6) is 1.55. The minimum absolute atomic E-state index is 0.231. The standard InChI is InChI=1S/C14H27N5O/c1-5-15-11(2)9-13-16-14(17-20-13)12-10-18(3)7-6-8-19(12)4/h11-12,15H,5-10H2,1-4H3. The van der Waals surface area contributed by atoms with E-state index in [0.717, 1.165) is 44.3 Å². The molecule has 1 fully saturated rings. The lowest BCUT2D eigenvalue weighted by Crippen LogP contribution is -2.31. The Hall–Kier alpha value is -0.980. The predicted molar refractivity (Wildman–Crippen MR) is 78.6 cm³/mol. The van der Waals surface area contributed by atoms with Crippen LogP contribution in [0.25, 0.3) is 0 Å². The highest BCUT2D eigenvalue weighted by molar-refractivity contribution is 4.98. The van der Waals surface area contributed by atoms with Gasteiger partial charge in [-0.05, 0) is 47.1 Å². The highest BCUT2D eigenvalue weighted by Gasteiger charge is 2.26. The van der Waals surface area contributed by atoms with Crippen molar-refractivity contribution < 1.29 is 4.52 Å². The number of nitrogens with one attached hydrogen (secondary N) is 1. The first-order chi connectivity index (χ1) is 9.60. The van der Waals surface area contributed by atoms with Crippen LogP contribution in [0.5, 0.6) is 0 Å². The third-order valence-electron chi connectivity index (χ3n) is 3.88. The fourth-order valence-electron chi connectivity index (χ4n) is 2.72. The number of likely N-dealkylation sites (N-methyl/N-ethyl adjacent to an activating group) is 3. The molecule has 0 radical (unpaired) electrons. The molecule has 1 saturated heterocycles. The van der Waals surface area contributed by atoms with E-state index >= 15 is 0 Å². The molecule has 2 unspecified atom stereocenters. The molecular formula is C14H27N5O. The monoisotopic (exact) mass is 281 g/mol. The van der Waals surface area contributed by atoms with Crippen LogP contribution in [-0.2, 0) is 6.42 Å². The third kappa shape index (κ3) is 4.01. The van der Waals surface area contributed by atoms with E-state index in [0.29, 0.717) is 6.04 Å². The summed E-state index contributed by atoms with van der Waals surface area (Å²) >= 11 is 0. The third-order valence-corrected chi connectivity index (χ3v) is 3.88. The van der Waals surface area contributed by atoms with Crippen molar-refractivity contribution in [1.82, 2.24) is 25.3 Å². The molecule has 2 atom stereocenters. The van der Waals surface area contributed by atoms with Crippen molar-refractivity contribution in [3.05, 3.63) is 11.7 Å². The molecule has 1 aliphatic heterocycles. The van der Waals surface area contributed by atoms with Crippen molar-refractivity contribution in [2.45, 2.75) is 38.8 Å². The SMILES string of the molecule is CCNC(C)Cc1nc(C2CN(C)CCCN2C)no1. The van der Waals surface area contributed by atoms with Crippen LogP contribution < -0.4 is 5.32 Å². The van der Waals surface area contributed by atoms with E-state index in [1.54, 1.807) is 0 Å². The Morgan fingerprint density at radius 2 is 2.20 bits per heavy atom. The van der Waals surface area contributed by atoms with Gasteiger partial charge in [0.1, 0.15) is 0 Å². The molecule has 114 valence electrons. The van der Waals surface area contributed by atoms with Gasteiger partial charge in [-0.25, -0.2) is 0 Å². The Labute approximate surface area is 121 Å². The topological polar surface area (TPSA) is 57.4 Å². The largest absolute Gasteiger partial charge is 0.339 e. The Balaban J connectivity index is 2.02. The molecule has 0 aromatic carbocycles. The van der Waals surface area contributed by atoms with Gasteiger partial charge in [0.25, 0.3) is 0 Å². The first-order valence-corrected chi connectivity index (χ1v) is 7.54. The number of nitrogens with zero attached hydrogens (tertiary/aromatic N) is 4. The van der Waals surface area contributed by atoms with E-state index in [4.69, 9.17) is 4.52 Å². The molecular weight excluding hydrogens is 254 g/mol.